The molecule has 0 N–H and O–H groups in total. The summed E-state index contributed by atoms with van der Waals surface area (Å²) in [5.41, 5.74) is 0.870. The second kappa shape index (κ2) is 9.26. The Hall–Kier alpha value is -2.10. The maximum atomic E-state index is 13.7. The van der Waals surface area contributed by atoms with Crippen molar-refractivity contribution in [2.75, 3.05) is 0 Å². The number of nitrogens with zero attached hydrogens (tertiary/aromatic N) is 1. The first kappa shape index (κ1) is 19.9. The Balaban J connectivity index is 0.000000272. The van der Waals surface area contributed by atoms with Gasteiger partial charge in [0.25, 0.3) is 0 Å². The standard InChI is InChI=1S/C11H10FNOS.C7H6OS/c1-6(2)7-3-4-8(11(14)15)9(5-13)10(7)12;8-7(9)6-4-2-1-3-5-6/h3-4,6H,1-2H3,(H,14,15);1-5H,(H,8,9). The van der Waals surface area contributed by atoms with Crippen LogP contribution in [0.4, 0.5) is 4.39 Å². The van der Waals surface area contributed by atoms with Gasteiger partial charge in [0.2, 0.25) is 10.2 Å². The van der Waals surface area contributed by atoms with Gasteiger partial charge in [0.15, 0.2) is 0 Å². The van der Waals surface area contributed by atoms with E-state index in [1.807, 2.05) is 32.0 Å². The molecule has 0 atom stereocenters. The summed E-state index contributed by atoms with van der Waals surface area (Å²) in [5, 5.41) is 8.00. The lowest BCUT2D eigenvalue weighted by atomic mass is 9.97. The van der Waals surface area contributed by atoms with Gasteiger partial charge >= 0.3 is 0 Å². The van der Waals surface area contributed by atoms with E-state index in [2.05, 4.69) is 25.3 Å². The number of carbonyl (C=O) groups excluding carboxylic acids is 2. The van der Waals surface area contributed by atoms with Gasteiger partial charge in [-0.05, 0) is 17.5 Å². The van der Waals surface area contributed by atoms with Crippen LogP contribution in [0.3, 0.4) is 0 Å². The maximum Gasteiger partial charge on any atom is 0.217 e. The fourth-order valence-electron chi connectivity index (χ4n) is 1.91. The first-order valence-electron chi connectivity index (χ1n) is 7.03. The number of thiol groups is 2. The average molecular weight is 361 g/mol. The van der Waals surface area contributed by atoms with Crippen molar-refractivity contribution < 1.29 is 14.0 Å². The summed E-state index contributed by atoms with van der Waals surface area (Å²) in [7, 11) is 0. The third-order valence-electron chi connectivity index (χ3n) is 3.16. The maximum absolute atomic E-state index is 13.7. The molecular weight excluding hydrogens is 345 g/mol. The number of halogens is 1. The van der Waals surface area contributed by atoms with Crippen molar-refractivity contribution in [2.45, 2.75) is 19.8 Å². The Morgan fingerprint density at radius 2 is 1.62 bits per heavy atom. The highest BCUT2D eigenvalue weighted by Crippen LogP contribution is 2.24. The van der Waals surface area contributed by atoms with E-state index in [1.54, 1.807) is 18.2 Å². The van der Waals surface area contributed by atoms with E-state index < -0.39 is 10.9 Å². The minimum atomic E-state index is -0.618. The molecule has 0 unspecified atom stereocenters. The van der Waals surface area contributed by atoms with Gasteiger partial charge in [0.05, 0.1) is 5.56 Å². The fraction of sp³-hybridized carbons (Fsp3) is 0.167. The fourth-order valence-corrected chi connectivity index (χ4v) is 2.24. The van der Waals surface area contributed by atoms with E-state index in [-0.39, 0.29) is 22.2 Å². The monoisotopic (exact) mass is 361 g/mol. The Bertz CT molecular complexity index is 784. The molecule has 0 aliphatic carbocycles. The molecule has 24 heavy (non-hydrogen) atoms. The van der Waals surface area contributed by atoms with Crippen LogP contribution >= 0.6 is 25.3 Å². The average Bonchev–Trinajstić information content (AvgIpc) is 2.55. The molecule has 0 saturated heterocycles. The molecule has 0 amide bonds. The lowest BCUT2D eigenvalue weighted by Crippen LogP contribution is -2.03. The molecule has 6 heteroatoms. The van der Waals surface area contributed by atoms with E-state index in [0.717, 1.165) is 0 Å². The largest absolute Gasteiger partial charge is 0.282 e. The molecule has 0 bridgehead atoms. The lowest BCUT2D eigenvalue weighted by Gasteiger charge is -2.09. The second-order valence-corrected chi connectivity index (χ2v) is 5.95. The van der Waals surface area contributed by atoms with Gasteiger partial charge in [-0.2, -0.15) is 5.26 Å². The summed E-state index contributed by atoms with van der Waals surface area (Å²) >= 11 is 7.24. The molecule has 124 valence electrons. The topological polar surface area (TPSA) is 57.9 Å². The summed E-state index contributed by atoms with van der Waals surface area (Å²) < 4.78 is 13.7. The molecule has 0 saturated carbocycles. The van der Waals surface area contributed by atoms with Gasteiger partial charge in [-0.25, -0.2) is 4.39 Å². The van der Waals surface area contributed by atoms with Gasteiger partial charge in [0.1, 0.15) is 11.9 Å². The van der Waals surface area contributed by atoms with Gasteiger partial charge < -0.3 is 0 Å². The van der Waals surface area contributed by atoms with Crippen LogP contribution in [-0.2, 0) is 0 Å². The third-order valence-corrected chi connectivity index (χ3v) is 3.66. The predicted octanol–water partition coefficient (Wildman–Crippen LogP) is 4.65. The zero-order valence-corrected chi connectivity index (χ0v) is 14.9. The smallest absolute Gasteiger partial charge is 0.217 e. The summed E-state index contributed by atoms with van der Waals surface area (Å²) in [5.74, 6) is -0.645. The zero-order valence-electron chi connectivity index (χ0n) is 13.2. The quantitative estimate of drug-likeness (QED) is 0.783. The number of carbonyl (C=O) groups is 2. The first-order valence-corrected chi connectivity index (χ1v) is 7.93. The van der Waals surface area contributed by atoms with Gasteiger partial charge in [0, 0.05) is 11.1 Å². The number of nitriles is 1. The zero-order chi connectivity index (χ0) is 18.3. The second-order valence-electron chi connectivity index (χ2n) is 5.13. The summed E-state index contributed by atoms with van der Waals surface area (Å²) in [6.45, 7) is 3.64. The van der Waals surface area contributed by atoms with Crippen LogP contribution in [-0.4, -0.2) is 10.2 Å². The molecule has 0 aliphatic rings. The van der Waals surface area contributed by atoms with Crippen LogP contribution in [0, 0.1) is 17.1 Å². The number of benzene rings is 2. The van der Waals surface area contributed by atoms with Crippen LogP contribution in [0.25, 0.3) is 0 Å². The third kappa shape index (κ3) is 5.22. The van der Waals surface area contributed by atoms with Crippen molar-refractivity contribution in [3.8, 4) is 6.07 Å². The van der Waals surface area contributed by atoms with Crippen LogP contribution in [0.1, 0.15) is 51.6 Å². The first-order chi connectivity index (χ1) is 11.3. The van der Waals surface area contributed by atoms with Crippen molar-refractivity contribution in [3.05, 3.63) is 70.5 Å². The van der Waals surface area contributed by atoms with Crippen molar-refractivity contribution in [1.29, 1.82) is 5.26 Å². The predicted molar refractivity (Wildman–Crippen MR) is 98.3 cm³/mol. The van der Waals surface area contributed by atoms with Crippen LogP contribution in [0.5, 0.6) is 0 Å². The van der Waals surface area contributed by atoms with Crippen molar-refractivity contribution >= 4 is 35.5 Å². The lowest BCUT2D eigenvalue weighted by molar-refractivity contribution is 0.108. The van der Waals surface area contributed by atoms with E-state index >= 15 is 0 Å². The molecule has 3 nitrogen and oxygen atoms in total. The Morgan fingerprint density at radius 1 is 1.04 bits per heavy atom. The van der Waals surface area contributed by atoms with Crippen molar-refractivity contribution in [3.63, 3.8) is 0 Å². The van der Waals surface area contributed by atoms with E-state index in [9.17, 15) is 14.0 Å². The van der Waals surface area contributed by atoms with E-state index in [1.165, 1.54) is 12.1 Å². The van der Waals surface area contributed by atoms with Gasteiger partial charge in [-0.15, -0.1) is 25.3 Å². The highest BCUT2D eigenvalue weighted by molar-refractivity contribution is 7.97. The number of hydrogen-bond donors (Lipinski definition) is 2. The molecule has 2 aromatic rings. The molecule has 2 rings (SSSR count). The number of rotatable bonds is 3. The van der Waals surface area contributed by atoms with Gasteiger partial charge in [-0.1, -0.05) is 50.2 Å². The molecule has 0 spiro atoms. The Morgan fingerprint density at radius 3 is 2.00 bits per heavy atom. The Kier molecular flexibility index (Phi) is 7.69. The highest BCUT2D eigenvalue weighted by atomic mass is 32.1. The van der Waals surface area contributed by atoms with Crippen LogP contribution < -0.4 is 0 Å². The SMILES string of the molecule is CC(C)c1ccc(C(=O)S)c(C#N)c1F.O=C(S)c1ccccc1. The molecule has 2 aromatic carbocycles. The van der Waals surface area contributed by atoms with Crippen LogP contribution in [0.2, 0.25) is 0 Å². The summed E-state index contributed by atoms with van der Waals surface area (Å²) in [6.07, 6.45) is 0. The molecule has 0 aliphatic heterocycles. The van der Waals surface area contributed by atoms with Crippen molar-refractivity contribution in [1.82, 2.24) is 0 Å². The molecule has 0 heterocycles. The van der Waals surface area contributed by atoms with Gasteiger partial charge in [-0.3, -0.25) is 9.59 Å². The molecular formula is C18H16FNO2S2. The number of hydrogen-bond acceptors (Lipinski definition) is 3. The van der Waals surface area contributed by atoms with Crippen molar-refractivity contribution in [2.24, 2.45) is 0 Å². The minimum Gasteiger partial charge on any atom is -0.282 e. The van der Waals surface area contributed by atoms with E-state index in [0.29, 0.717) is 11.1 Å². The highest BCUT2D eigenvalue weighted by Gasteiger charge is 2.17. The minimum absolute atomic E-state index is 0.0164. The Labute approximate surface area is 151 Å². The normalized spacial score (nSPS) is 9.71. The molecule has 0 fully saturated rings. The summed E-state index contributed by atoms with van der Waals surface area (Å²) in [4.78, 5) is 21.5. The summed E-state index contributed by atoms with van der Waals surface area (Å²) in [6, 6.07) is 13.6. The molecule has 0 radical (unpaired) electrons. The van der Waals surface area contributed by atoms with Crippen LogP contribution in [0.15, 0.2) is 42.5 Å². The molecule has 0 aromatic heterocycles. The van der Waals surface area contributed by atoms with E-state index in [4.69, 9.17) is 5.26 Å².